The SMILES string of the molecule is CC(=O)C(NC(=O)OC1CC2CC[C@]1(C)C2(C)C)C(C)(C)C. The Bertz CT molecular complexity index is 477. The zero-order valence-corrected chi connectivity index (χ0v) is 15.1. The lowest BCUT2D eigenvalue weighted by molar-refractivity contribution is -0.121. The second-order valence-corrected chi connectivity index (χ2v) is 9.06. The maximum Gasteiger partial charge on any atom is 0.408 e. The van der Waals surface area contributed by atoms with Crippen molar-refractivity contribution in [3.05, 3.63) is 0 Å². The van der Waals surface area contributed by atoms with Crippen LogP contribution in [0.4, 0.5) is 4.79 Å². The lowest BCUT2D eigenvalue weighted by atomic mass is 9.70. The molecule has 2 saturated carbocycles. The minimum Gasteiger partial charge on any atom is -0.446 e. The van der Waals surface area contributed by atoms with Crippen LogP contribution in [0, 0.1) is 22.2 Å². The first-order valence-electron chi connectivity index (χ1n) is 8.37. The summed E-state index contributed by atoms with van der Waals surface area (Å²) in [7, 11) is 0. The Morgan fingerprint density at radius 2 is 1.82 bits per heavy atom. The van der Waals surface area contributed by atoms with Crippen LogP contribution in [0.25, 0.3) is 0 Å². The summed E-state index contributed by atoms with van der Waals surface area (Å²) in [6, 6.07) is -0.514. The van der Waals surface area contributed by atoms with Crippen LogP contribution in [-0.2, 0) is 9.53 Å². The number of alkyl carbamates (subject to hydrolysis) is 1. The van der Waals surface area contributed by atoms with E-state index >= 15 is 0 Å². The van der Waals surface area contributed by atoms with Gasteiger partial charge in [-0.3, -0.25) is 4.79 Å². The predicted octanol–water partition coefficient (Wildman–Crippen LogP) is 3.93. The third-order valence-corrected chi connectivity index (χ3v) is 6.50. The molecule has 0 aromatic heterocycles. The molecule has 4 heteroatoms. The molecular formula is C18H31NO3. The van der Waals surface area contributed by atoms with Crippen molar-refractivity contribution in [2.75, 3.05) is 0 Å². The summed E-state index contributed by atoms with van der Waals surface area (Å²) in [5, 5.41) is 2.78. The van der Waals surface area contributed by atoms with Gasteiger partial charge in [-0.1, -0.05) is 41.5 Å². The number of carbonyl (C=O) groups is 2. The van der Waals surface area contributed by atoms with Gasteiger partial charge in [0.05, 0.1) is 6.04 Å². The van der Waals surface area contributed by atoms with Crippen LogP contribution in [-0.4, -0.2) is 24.0 Å². The maximum atomic E-state index is 12.3. The third-order valence-electron chi connectivity index (χ3n) is 6.50. The van der Waals surface area contributed by atoms with Gasteiger partial charge in [0.2, 0.25) is 0 Å². The first kappa shape index (κ1) is 17.3. The van der Waals surface area contributed by atoms with Crippen molar-refractivity contribution in [1.82, 2.24) is 5.32 Å². The minimum atomic E-state index is -0.514. The molecule has 22 heavy (non-hydrogen) atoms. The van der Waals surface area contributed by atoms with E-state index < -0.39 is 12.1 Å². The van der Waals surface area contributed by atoms with E-state index in [1.165, 1.54) is 13.3 Å². The Morgan fingerprint density at radius 1 is 1.23 bits per heavy atom. The van der Waals surface area contributed by atoms with Crippen molar-refractivity contribution >= 4 is 11.9 Å². The number of hydrogen-bond acceptors (Lipinski definition) is 3. The van der Waals surface area contributed by atoms with Gasteiger partial charge in [0.25, 0.3) is 0 Å². The highest BCUT2D eigenvalue weighted by Gasteiger charge is 2.63. The van der Waals surface area contributed by atoms with Crippen molar-refractivity contribution in [2.45, 2.75) is 79.9 Å². The van der Waals surface area contributed by atoms with Crippen LogP contribution in [0.5, 0.6) is 0 Å². The number of Topliss-reactive ketones (excluding diaryl/α,β-unsaturated/α-hetero) is 1. The first-order valence-corrected chi connectivity index (χ1v) is 8.37. The van der Waals surface area contributed by atoms with Crippen LogP contribution in [0.15, 0.2) is 0 Å². The zero-order valence-electron chi connectivity index (χ0n) is 15.1. The summed E-state index contributed by atoms with van der Waals surface area (Å²) in [6.07, 6.45) is 2.77. The smallest absolute Gasteiger partial charge is 0.408 e. The molecule has 0 aromatic carbocycles. The molecule has 1 amide bonds. The molecule has 0 radical (unpaired) electrons. The molecule has 2 aliphatic rings. The number of hydrogen-bond donors (Lipinski definition) is 1. The summed E-state index contributed by atoms with van der Waals surface area (Å²) < 4.78 is 5.76. The van der Waals surface area contributed by atoms with Gasteiger partial charge in [-0.05, 0) is 42.9 Å². The average molecular weight is 309 g/mol. The van der Waals surface area contributed by atoms with Gasteiger partial charge in [-0.15, -0.1) is 0 Å². The van der Waals surface area contributed by atoms with E-state index in [-0.39, 0.29) is 28.1 Å². The summed E-state index contributed by atoms with van der Waals surface area (Å²) in [5.41, 5.74) is -0.0624. The van der Waals surface area contributed by atoms with Gasteiger partial charge in [0, 0.05) is 5.41 Å². The molecule has 2 bridgehead atoms. The fraction of sp³-hybridized carbons (Fsp3) is 0.889. The Labute approximate surface area is 134 Å². The minimum absolute atomic E-state index is 0.0380. The van der Waals surface area contributed by atoms with Crippen molar-refractivity contribution in [3.8, 4) is 0 Å². The Morgan fingerprint density at radius 3 is 2.18 bits per heavy atom. The van der Waals surface area contributed by atoms with Crippen LogP contribution >= 0.6 is 0 Å². The van der Waals surface area contributed by atoms with Gasteiger partial charge < -0.3 is 10.1 Å². The third kappa shape index (κ3) is 2.65. The largest absolute Gasteiger partial charge is 0.446 e. The highest BCUT2D eigenvalue weighted by atomic mass is 16.6. The van der Waals surface area contributed by atoms with E-state index in [9.17, 15) is 9.59 Å². The highest BCUT2D eigenvalue weighted by Crippen LogP contribution is 2.66. The van der Waals surface area contributed by atoms with Crippen molar-refractivity contribution in [1.29, 1.82) is 0 Å². The summed E-state index contributed by atoms with van der Waals surface area (Å²) >= 11 is 0. The van der Waals surface area contributed by atoms with Gasteiger partial charge in [0.1, 0.15) is 6.10 Å². The Balaban J connectivity index is 2.03. The van der Waals surface area contributed by atoms with E-state index in [0.717, 1.165) is 12.8 Å². The first-order chi connectivity index (χ1) is 9.89. The number of rotatable bonds is 3. The zero-order chi connectivity index (χ0) is 16.9. The maximum absolute atomic E-state index is 12.3. The molecule has 0 aromatic rings. The fourth-order valence-corrected chi connectivity index (χ4v) is 4.52. The highest BCUT2D eigenvalue weighted by molar-refractivity contribution is 5.86. The Kier molecular flexibility index (Phi) is 4.12. The van der Waals surface area contributed by atoms with Crippen molar-refractivity contribution in [3.63, 3.8) is 0 Å². The molecule has 126 valence electrons. The number of ketones is 1. The van der Waals surface area contributed by atoms with E-state index in [0.29, 0.717) is 5.92 Å². The standard InChI is InChI=1S/C18H31NO3/c1-11(20)14(16(2,3)4)19-15(21)22-13-10-12-8-9-18(13,7)17(12,5)6/h12-14H,8-10H2,1-7H3,(H,19,21)/t12?,13?,14?,18-/m0/s1. The molecule has 0 spiro atoms. The molecule has 0 aliphatic heterocycles. The van der Waals surface area contributed by atoms with Crippen molar-refractivity contribution in [2.24, 2.45) is 22.2 Å². The molecule has 4 nitrogen and oxygen atoms in total. The molecule has 2 rings (SSSR count). The molecular weight excluding hydrogens is 278 g/mol. The molecule has 2 aliphatic carbocycles. The molecule has 2 fully saturated rings. The molecule has 1 N–H and O–H groups in total. The number of carbonyl (C=O) groups excluding carboxylic acids is 2. The second kappa shape index (κ2) is 5.24. The monoisotopic (exact) mass is 309 g/mol. The topological polar surface area (TPSA) is 55.4 Å². The van der Waals surface area contributed by atoms with E-state index in [2.05, 4.69) is 26.1 Å². The molecule has 3 unspecified atom stereocenters. The molecule has 4 atom stereocenters. The summed E-state index contributed by atoms with van der Waals surface area (Å²) in [5.74, 6) is 0.588. The van der Waals surface area contributed by atoms with E-state index in [1.807, 2.05) is 20.8 Å². The van der Waals surface area contributed by atoms with Crippen LogP contribution in [0.2, 0.25) is 0 Å². The van der Waals surface area contributed by atoms with E-state index in [1.54, 1.807) is 0 Å². The molecule has 0 saturated heterocycles. The number of ether oxygens (including phenoxy) is 1. The van der Waals surface area contributed by atoms with Gasteiger partial charge in [-0.2, -0.15) is 0 Å². The molecule has 0 heterocycles. The van der Waals surface area contributed by atoms with Gasteiger partial charge in [-0.25, -0.2) is 4.79 Å². The fourth-order valence-electron chi connectivity index (χ4n) is 4.52. The Hall–Kier alpha value is -1.06. The van der Waals surface area contributed by atoms with E-state index in [4.69, 9.17) is 4.74 Å². The lowest BCUT2D eigenvalue weighted by Gasteiger charge is -2.38. The number of nitrogens with one attached hydrogen (secondary N) is 1. The van der Waals surface area contributed by atoms with Gasteiger partial charge in [0.15, 0.2) is 5.78 Å². The van der Waals surface area contributed by atoms with Crippen LogP contribution in [0.3, 0.4) is 0 Å². The normalized spacial score (nSPS) is 34.3. The van der Waals surface area contributed by atoms with Crippen LogP contribution < -0.4 is 5.32 Å². The predicted molar refractivity (Wildman–Crippen MR) is 86.6 cm³/mol. The summed E-state index contributed by atoms with van der Waals surface area (Å²) in [6.45, 7) is 14.2. The number of fused-ring (bicyclic) bond motifs is 2. The van der Waals surface area contributed by atoms with Gasteiger partial charge >= 0.3 is 6.09 Å². The average Bonchev–Trinajstić information content (AvgIpc) is 2.67. The lowest BCUT2D eigenvalue weighted by Crippen LogP contribution is -2.50. The van der Waals surface area contributed by atoms with Crippen LogP contribution in [0.1, 0.15) is 67.7 Å². The summed E-state index contributed by atoms with van der Waals surface area (Å²) in [4.78, 5) is 24.1. The van der Waals surface area contributed by atoms with Crippen molar-refractivity contribution < 1.29 is 14.3 Å². The quantitative estimate of drug-likeness (QED) is 0.859. The number of amides is 1. The second-order valence-electron chi connectivity index (χ2n) is 9.06.